The van der Waals surface area contributed by atoms with E-state index in [1.54, 1.807) is 0 Å². The zero-order valence-corrected chi connectivity index (χ0v) is 16.4. The Hall–Kier alpha value is -0.293. The summed E-state index contributed by atoms with van der Waals surface area (Å²) in [6.45, 7) is 2.09. The van der Waals surface area contributed by atoms with E-state index < -0.39 is 12.5 Å². The van der Waals surface area contributed by atoms with Crippen molar-refractivity contribution in [1.29, 1.82) is 0 Å². The molecule has 0 atom stereocenters. The highest BCUT2D eigenvalue weighted by Gasteiger charge is 2.35. The molecule has 2 saturated carbocycles. The molecule has 0 radical (unpaired) electrons. The van der Waals surface area contributed by atoms with Gasteiger partial charge in [-0.25, -0.2) is 0 Å². The molecule has 2 aliphatic carbocycles. The number of ether oxygens (including phenoxy) is 1. The van der Waals surface area contributed by atoms with Gasteiger partial charge in [0, 0.05) is 9.52 Å². The van der Waals surface area contributed by atoms with Crippen molar-refractivity contribution in [2.24, 2.45) is 11.8 Å². The van der Waals surface area contributed by atoms with E-state index in [0.29, 0.717) is 12.8 Å². The maximum Gasteiger partial charge on any atom is 0.522 e. The molecule has 1 nitrogen and oxygen atoms in total. The molecule has 24 heavy (non-hydrogen) atoms. The lowest BCUT2D eigenvalue weighted by molar-refractivity contribution is -0.345. The van der Waals surface area contributed by atoms with Crippen molar-refractivity contribution >= 4 is 9.52 Å². The second-order valence-electron chi connectivity index (χ2n) is 7.82. The van der Waals surface area contributed by atoms with E-state index >= 15 is 0 Å². The molecular weight excluding hydrogens is 329 g/mol. The first kappa shape index (κ1) is 20.0. The molecular formula is C19H33F3OSi. The second-order valence-corrected chi connectivity index (χ2v) is 10.1. The van der Waals surface area contributed by atoms with E-state index in [4.69, 9.17) is 0 Å². The number of hydrogen-bond acceptors (Lipinski definition) is 1. The summed E-state index contributed by atoms with van der Waals surface area (Å²) in [5.74, 6) is 1.84. The van der Waals surface area contributed by atoms with Gasteiger partial charge < -0.3 is 0 Å². The molecule has 0 aliphatic heterocycles. The minimum Gasteiger partial charge on any atom is -0.289 e. The number of rotatable bonds is 7. The van der Waals surface area contributed by atoms with Gasteiger partial charge in [-0.15, -0.1) is 13.2 Å². The smallest absolute Gasteiger partial charge is 0.289 e. The molecule has 5 heteroatoms. The van der Waals surface area contributed by atoms with Crippen LogP contribution < -0.4 is 0 Å². The topological polar surface area (TPSA) is 9.23 Å². The average Bonchev–Trinajstić information content (AvgIpc) is 2.54. The zero-order chi connectivity index (χ0) is 17.4. The first-order valence-corrected chi connectivity index (χ1v) is 11.6. The largest absolute Gasteiger partial charge is 0.522 e. The molecule has 2 fully saturated rings. The molecule has 0 spiro atoms. The van der Waals surface area contributed by atoms with Crippen molar-refractivity contribution in [1.82, 2.24) is 0 Å². The molecule has 0 saturated heterocycles. The molecule has 0 aromatic carbocycles. The molecule has 0 N–H and O–H groups in total. The minimum absolute atomic E-state index is 0.128. The molecule has 0 aromatic heterocycles. The van der Waals surface area contributed by atoms with Gasteiger partial charge in [-0.3, -0.25) is 4.74 Å². The van der Waals surface area contributed by atoms with Crippen LogP contribution >= 0.6 is 0 Å². The molecule has 2 aliphatic rings. The summed E-state index contributed by atoms with van der Waals surface area (Å²) in [5, 5.41) is 0. The maximum atomic E-state index is 12.2. The Kier molecular flexibility index (Phi) is 8.34. The van der Waals surface area contributed by atoms with E-state index in [0.717, 1.165) is 30.2 Å². The molecule has 0 amide bonds. The molecule has 0 bridgehead atoms. The summed E-state index contributed by atoms with van der Waals surface area (Å²) in [4.78, 5) is 0. The van der Waals surface area contributed by atoms with Crippen LogP contribution in [0.1, 0.15) is 71.1 Å². The third kappa shape index (κ3) is 7.73. The van der Waals surface area contributed by atoms with E-state index in [2.05, 4.69) is 23.8 Å². The molecule has 0 heterocycles. The lowest BCUT2D eigenvalue weighted by atomic mass is 9.81. The second kappa shape index (κ2) is 10.0. The maximum absolute atomic E-state index is 12.2. The highest BCUT2D eigenvalue weighted by molar-refractivity contribution is 6.37. The molecule has 0 aromatic rings. The van der Waals surface area contributed by atoms with Gasteiger partial charge in [0.15, 0.2) is 0 Å². The molecule has 0 unspecified atom stereocenters. The van der Waals surface area contributed by atoms with E-state index in [9.17, 15) is 13.2 Å². The first-order chi connectivity index (χ1) is 11.5. The normalized spacial score (nSPS) is 32.8. The fraction of sp³-hybridized carbons (Fsp3) is 0.895. The SMILES string of the molecule is C/C=C/CCC1CCC(C[SiH2]C2CCC(OC(F)(F)F)CC2)CC1. The number of hydrogen-bond donors (Lipinski definition) is 0. The van der Waals surface area contributed by atoms with Crippen molar-refractivity contribution in [3.63, 3.8) is 0 Å². The number of alkyl halides is 3. The monoisotopic (exact) mass is 362 g/mol. The lowest BCUT2D eigenvalue weighted by Gasteiger charge is -2.31. The third-order valence-corrected chi connectivity index (χ3v) is 8.80. The summed E-state index contributed by atoms with van der Waals surface area (Å²) < 4.78 is 40.9. The van der Waals surface area contributed by atoms with Crippen LogP contribution in [0.15, 0.2) is 12.2 Å². The van der Waals surface area contributed by atoms with Gasteiger partial charge in [-0.1, -0.05) is 62.3 Å². The summed E-state index contributed by atoms with van der Waals surface area (Å²) in [6, 6.07) is 1.41. The van der Waals surface area contributed by atoms with Gasteiger partial charge in [-0.2, -0.15) is 0 Å². The quantitative estimate of drug-likeness (QED) is 0.398. The van der Waals surface area contributed by atoms with Gasteiger partial charge in [0.2, 0.25) is 0 Å². The standard InChI is InChI=1S/C19H33F3OSi/c1-2-3-4-5-15-6-8-16(9-7-15)14-24-18-12-10-17(11-13-18)23-19(20,21)22/h2-3,15-18H,4-14,24H2,1H3/b3-2+. The van der Waals surface area contributed by atoms with Crippen LogP contribution in [0.25, 0.3) is 0 Å². The van der Waals surface area contributed by atoms with Gasteiger partial charge in [-0.05, 0) is 44.4 Å². The van der Waals surface area contributed by atoms with Crippen LogP contribution in [0.3, 0.4) is 0 Å². The predicted molar refractivity (Wildman–Crippen MR) is 96.0 cm³/mol. The van der Waals surface area contributed by atoms with Gasteiger partial charge in [0.1, 0.15) is 0 Å². The zero-order valence-electron chi connectivity index (χ0n) is 15.0. The number of allylic oxidation sites excluding steroid dienone is 2. The van der Waals surface area contributed by atoms with E-state index in [1.807, 2.05) is 0 Å². The first-order valence-electron chi connectivity index (χ1n) is 9.82. The fourth-order valence-electron chi connectivity index (χ4n) is 4.51. The van der Waals surface area contributed by atoms with Crippen LogP contribution in [0.4, 0.5) is 13.2 Å². The Bertz CT molecular complexity index is 367. The molecule has 2 rings (SSSR count). The summed E-state index contributed by atoms with van der Waals surface area (Å²) >= 11 is 0. The van der Waals surface area contributed by atoms with Crippen LogP contribution in [-0.4, -0.2) is 22.0 Å². The Labute approximate surface area is 147 Å². The summed E-state index contributed by atoms with van der Waals surface area (Å²) in [6.07, 6.45) is 10.7. The Morgan fingerprint density at radius 1 is 0.958 bits per heavy atom. The van der Waals surface area contributed by atoms with E-state index in [1.165, 1.54) is 44.6 Å². The van der Waals surface area contributed by atoms with Crippen molar-refractivity contribution in [3.8, 4) is 0 Å². The average molecular weight is 363 g/mol. The van der Waals surface area contributed by atoms with Crippen molar-refractivity contribution in [3.05, 3.63) is 12.2 Å². The van der Waals surface area contributed by atoms with Crippen LogP contribution in [0.2, 0.25) is 11.6 Å². The Balaban J connectivity index is 1.55. The molecule has 140 valence electrons. The van der Waals surface area contributed by atoms with Crippen molar-refractivity contribution < 1.29 is 17.9 Å². The number of halogens is 3. The van der Waals surface area contributed by atoms with E-state index in [-0.39, 0.29) is 9.52 Å². The van der Waals surface area contributed by atoms with Crippen LogP contribution in [0.5, 0.6) is 0 Å². The highest BCUT2D eigenvalue weighted by Crippen LogP contribution is 2.37. The summed E-state index contributed by atoms with van der Waals surface area (Å²) in [5.41, 5.74) is 0.755. The third-order valence-electron chi connectivity index (χ3n) is 6.02. The highest BCUT2D eigenvalue weighted by atomic mass is 28.2. The Morgan fingerprint density at radius 3 is 2.17 bits per heavy atom. The summed E-state index contributed by atoms with van der Waals surface area (Å²) in [7, 11) is -0.128. The van der Waals surface area contributed by atoms with Crippen LogP contribution in [0, 0.1) is 11.8 Å². The lowest BCUT2D eigenvalue weighted by Crippen LogP contribution is -2.28. The van der Waals surface area contributed by atoms with Gasteiger partial charge in [0.25, 0.3) is 0 Å². The Morgan fingerprint density at radius 2 is 1.58 bits per heavy atom. The van der Waals surface area contributed by atoms with Crippen LogP contribution in [-0.2, 0) is 4.74 Å². The van der Waals surface area contributed by atoms with Crippen molar-refractivity contribution in [2.75, 3.05) is 0 Å². The predicted octanol–water partition coefficient (Wildman–Crippen LogP) is 6.00. The van der Waals surface area contributed by atoms with Gasteiger partial charge >= 0.3 is 6.36 Å². The van der Waals surface area contributed by atoms with Crippen molar-refractivity contribution in [2.45, 2.75) is 95.2 Å². The minimum atomic E-state index is -4.46. The fourth-order valence-corrected chi connectivity index (χ4v) is 7.08. The van der Waals surface area contributed by atoms with Gasteiger partial charge in [0.05, 0.1) is 6.10 Å².